The lowest BCUT2D eigenvalue weighted by molar-refractivity contribution is -0.147. The van der Waals surface area contributed by atoms with E-state index in [9.17, 15) is 19.5 Å². The number of hydrogen-bond acceptors (Lipinski definition) is 5. The molecule has 2 aromatic carbocycles. The third kappa shape index (κ3) is 4.59. The first-order valence-electron chi connectivity index (χ1n) is 11.4. The predicted octanol–water partition coefficient (Wildman–Crippen LogP) is 4.77. The number of rotatable bonds is 7. The molecule has 8 nitrogen and oxygen atoms in total. The van der Waals surface area contributed by atoms with E-state index in [1.807, 2.05) is 36.4 Å². The van der Waals surface area contributed by atoms with Crippen molar-refractivity contribution in [2.75, 3.05) is 18.5 Å². The second kappa shape index (κ2) is 9.58. The van der Waals surface area contributed by atoms with Crippen molar-refractivity contribution in [3.8, 4) is 11.1 Å². The van der Waals surface area contributed by atoms with Gasteiger partial charge >= 0.3 is 12.1 Å². The van der Waals surface area contributed by atoms with Crippen LogP contribution in [0.2, 0.25) is 0 Å². The minimum absolute atomic E-state index is 0.0256. The van der Waals surface area contributed by atoms with Gasteiger partial charge in [0.1, 0.15) is 23.7 Å². The number of carbonyl (C=O) groups excluding carboxylic acids is 2. The molecule has 0 atom stereocenters. The fourth-order valence-corrected chi connectivity index (χ4v) is 4.41. The quantitative estimate of drug-likeness (QED) is 0.512. The highest BCUT2D eigenvalue weighted by molar-refractivity contribution is 5.97. The zero-order chi connectivity index (χ0) is 25.2. The number of nitrogens with zero attached hydrogens (tertiary/aromatic N) is 2. The number of nitrogens with one attached hydrogen (secondary N) is 1. The molecule has 0 spiro atoms. The maximum Gasteiger partial charge on any atom is 0.412 e. The van der Waals surface area contributed by atoms with Gasteiger partial charge < -0.3 is 14.7 Å². The predicted molar refractivity (Wildman–Crippen MR) is 131 cm³/mol. The highest BCUT2D eigenvalue weighted by atomic mass is 16.5. The molecule has 2 N–H and O–H groups in total. The number of likely N-dealkylation sites (N-methyl/N-ethyl adjacent to an activating group) is 1. The van der Waals surface area contributed by atoms with E-state index in [-0.39, 0.29) is 30.6 Å². The van der Waals surface area contributed by atoms with Crippen molar-refractivity contribution < 1.29 is 24.2 Å². The van der Waals surface area contributed by atoms with Crippen LogP contribution in [0.15, 0.2) is 66.7 Å². The topological polar surface area (TPSA) is 109 Å². The van der Waals surface area contributed by atoms with Crippen LogP contribution in [0.3, 0.4) is 0 Å². The molecule has 1 aromatic heterocycles. The highest BCUT2D eigenvalue weighted by Crippen LogP contribution is 2.44. The van der Waals surface area contributed by atoms with Crippen LogP contribution in [-0.4, -0.2) is 51.7 Å². The van der Waals surface area contributed by atoms with Crippen LogP contribution in [0.25, 0.3) is 11.1 Å². The van der Waals surface area contributed by atoms with Gasteiger partial charge in [0.25, 0.3) is 5.91 Å². The third-order valence-electron chi connectivity index (χ3n) is 6.30. The lowest BCUT2D eigenvalue weighted by atomic mass is 9.98. The van der Waals surface area contributed by atoms with Crippen molar-refractivity contribution in [1.82, 2.24) is 9.88 Å². The van der Waals surface area contributed by atoms with Crippen LogP contribution in [0.5, 0.6) is 0 Å². The minimum Gasteiger partial charge on any atom is -0.480 e. The van der Waals surface area contributed by atoms with Crippen LogP contribution in [0.4, 0.5) is 10.6 Å². The third-order valence-corrected chi connectivity index (χ3v) is 6.30. The molecule has 2 amide bonds. The van der Waals surface area contributed by atoms with Gasteiger partial charge in [-0.2, -0.15) is 0 Å². The average Bonchev–Trinajstić information content (AvgIpc) is 3.17. The molecule has 0 saturated heterocycles. The number of carbonyl (C=O) groups is 3. The Balaban J connectivity index is 1.45. The molecule has 0 fully saturated rings. The summed E-state index contributed by atoms with van der Waals surface area (Å²) in [6.45, 7) is 4.94. The van der Waals surface area contributed by atoms with E-state index in [2.05, 4.69) is 22.4 Å². The fraction of sp³-hybridized carbons (Fsp3) is 0.259. The van der Waals surface area contributed by atoms with E-state index in [1.165, 1.54) is 30.9 Å². The van der Waals surface area contributed by atoms with E-state index >= 15 is 0 Å². The molecule has 35 heavy (non-hydrogen) atoms. The first kappa shape index (κ1) is 23.9. The van der Waals surface area contributed by atoms with Crippen LogP contribution in [0.1, 0.15) is 48.3 Å². The molecular formula is C27H27N3O5. The second-order valence-corrected chi connectivity index (χ2v) is 8.77. The summed E-state index contributed by atoms with van der Waals surface area (Å²) >= 11 is 0. The Morgan fingerprint density at radius 3 is 2.14 bits per heavy atom. The van der Waals surface area contributed by atoms with Crippen molar-refractivity contribution in [2.24, 2.45) is 0 Å². The molecule has 0 aliphatic heterocycles. The van der Waals surface area contributed by atoms with Crippen LogP contribution < -0.4 is 5.32 Å². The first-order valence-corrected chi connectivity index (χ1v) is 11.4. The first-order chi connectivity index (χ1) is 16.7. The van der Waals surface area contributed by atoms with E-state index < -0.39 is 23.5 Å². The molecule has 0 unspecified atom stereocenters. The Kier molecular flexibility index (Phi) is 6.55. The fourth-order valence-electron chi connectivity index (χ4n) is 4.41. The van der Waals surface area contributed by atoms with Crippen molar-refractivity contribution in [2.45, 2.75) is 32.2 Å². The molecule has 4 rings (SSSR count). The lowest BCUT2D eigenvalue weighted by Gasteiger charge is -2.34. The molecule has 0 saturated carbocycles. The van der Waals surface area contributed by atoms with Gasteiger partial charge in [-0.05, 0) is 55.2 Å². The van der Waals surface area contributed by atoms with Gasteiger partial charge in [-0.1, -0.05) is 54.6 Å². The SMILES string of the molecule is CCN(C(=O)c1cccc(NC(=O)OCC2c3ccccc3-c3ccccc32)n1)C(C)(C)C(=O)O. The average molecular weight is 474 g/mol. The lowest BCUT2D eigenvalue weighted by Crippen LogP contribution is -2.53. The molecule has 1 aliphatic rings. The Morgan fingerprint density at radius 2 is 1.57 bits per heavy atom. The number of anilines is 1. The molecule has 3 aromatic rings. The molecule has 1 aliphatic carbocycles. The van der Waals surface area contributed by atoms with Gasteiger partial charge in [0.05, 0.1) is 0 Å². The summed E-state index contributed by atoms with van der Waals surface area (Å²) in [4.78, 5) is 42.6. The number of fused-ring (bicyclic) bond motifs is 3. The largest absolute Gasteiger partial charge is 0.480 e. The van der Waals surface area contributed by atoms with Gasteiger partial charge in [0, 0.05) is 12.5 Å². The summed E-state index contributed by atoms with van der Waals surface area (Å²) < 4.78 is 5.54. The molecule has 180 valence electrons. The number of carboxylic acid groups (broad SMARTS) is 1. The second-order valence-electron chi connectivity index (χ2n) is 8.77. The monoisotopic (exact) mass is 473 g/mol. The number of pyridine rings is 1. The molecular weight excluding hydrogens is 446 g/mol. The Bertz CT molecular complexity index is 1240. The zero-order valence-corrected chi connectivity index (χ0v) is 19.8. The standard InChI is InChI=1S/C27H27N3O5/c1-4-30(27(2,3)25(32)33)24(31)22-14-9-15-23(28-22)29-26(34)35-16-21-19-12-7-5-10-17(19)18-11-6-8-13-20(18)21/h5-15,21H,4,16H2,1-3H3,(H,32,33)(H,28,29,34). The number of aromatic nitrogens is 1. The smallest absolute Gasteiger partial charge is 0.412 e. The molecule has 0 radical (unpaired) electrons. The van der Waals surface area contributed by atoms with Gasteiger partial charge in [-0.15, -0.1) is 0 Å². The van der Waals surface area contributed by atoms with Crippen molar-refractivity contribution in [3.63, 3.8) is 0 Å². The summed E-state index contributed by atoms with van der Waals surface area (Å²) in [6.07, 6.45) is -0.692. The molecule has 8 heteroatoms. The summed E-state index contributed by atoms with van der Waals surface area (Å²) in [5.41, 5.74) is 3.09. The maximum atomic E-state index is 13.0. The summed E-state index contributed by atoms with van der Waals surface area (Å²) in [7, 11) is 0. The van der Waals surface area contributed by atoms with Gasteiger partial charge in [0.15, 0.2) is 0 Å². The summed E-state index contributed by atoms with van der Waals surface area (Å²) in [5.74, 6) is -1.61. The van der Waals surface area contributed by atoms with Gasteiger partial charge in [-0.3, -0.25) is 10.1 Å². The van der Waals surface area contributed by atoms with E-state index in [4.69, 9.17) is 4.74 Å². The van der Waals surface area contributed by atoms with Crippen LogP contribution in [0, 0.1) is 0 Å². The summed E-state index contributed by atoms with van der Waals surface area (Å²) in [6, 6.07) is 20.7. The summed E-state index contributed by atoms with van der Waals surface area (Å²) in [5, 5.41) is 12.1. The number of ether oxygens (including phenoxy) is 1. The number of carboxylic acids is 1. The van der Waals surface area contributed by atoms with E-state index in [0.717, 1.165) is 22.3 Å². The number of benzene rings is 2. The van der Waals surface area contributed by atoms with Crippen molar-refractivity contribution in [1.29, 1.82) is 0 Å². The maximum absolute atomic E-state index is 13.0. The van der Waals surface area contributed by atoms with E-state index in [0.29, 0.717) is 0 Å². The molecule has 0 bridgehead atoms. The van der Waals surface area contributed by atoms with Crippen molar-refractivity contribution in [3.05, 3.63) is 83.6 Å². The molecule has 1 heterocycles. The normalized spacial score (nSPS) is 12.4. The number of aliphatic carboxylic acids is 1. The Hall–Kier alpha value is -4.20. The minimum atomic E-state index is -1.41. The van der Waals surface area contributed by atoms with Crippen LogP contribution >= 0.6 is 0 Å². The number of hydrogen-bond donors (Lipinski definition) is 2. The highest BCUT2D eigenvalue weighted by Gasteiger charge is 2.37. The zero-order valence-electron chi connectivity index (χ0n) is 19.8. The van der Waals surface area contributed by atoms with Gasteiger partial charge in [0.2, 0.25) is 0 Å². The van der Waals surface area contributed by atoms with Crippen LogP contribution in [-0.2, 0) is 9.53 Å². The Morgan fingerprint density at radius 1 is 0.971 bits per heavy atom. The van der Waals surface area contributed by atoms with E-state index in [1.54, 1.807) is 13.0 Å². The number of amides is 2. The van der Waals surface area contributed by atoms with Gasteiger partial charge in [-0.25, -0.2) is 14.6 Å². The van der Waals surface area contributed by atoms with Crippen molar-refractivity contribution >= 4 is 23.8 Å². The Labute approximate surface area is 203 Å².